The van der Waals surface area contributed by atoms with Gasteiger partial charge < -0.3 is 14.6 Å². The van der Waals surface area contributed by atoms with E-state index in [0.717, 1.165) is 16.9 Å². The van der Waals surface area contributed by atoms with Gasteiger partial charge in [0.05, 0.1) is 12.8 Å². The molecule has 0 aliphatic carbocycles. The zero-order chi connectivity index (χ0) is 17.2. The molecule has 1 atom stereocenters. The zero-order valence-corrected chi connectivity index (χ0v) is 14.3. The van der Waals surface area contributed by atoms with Crippen molar-refractivity contribution in [3.63, 3.8) is 0 Å². The smallest absolute Gasteiger partial charge is 0.290 e. The van der Waals surface area contributed by atoms with Crippen LogP contribution in [-0.2, 0) is 17.8 Å². The summed E-state index contributed by atoms with van der Waals surface area (Å²) in [5.41, 5.74) is 2.14. The number of rotatable bonds is 2. The van der Waals surface area contributed by atoms with Gasteiger partial charge in [0.15, 0.2) is 10.9 Å². The first-order chi connectivity index (χ1) is 12.2. The predicted octanol–water partition coefficient (Wildman–Crippen LogP) is 2.07. The van der Waals surface area contributed by atoms with Crippen LogP contribution in [0.1, 0.15) is 21.7 Å². The highest BCUT2D eigenvalue weighted by Gasteiger charge is 2.36. The van der Waals surface area contributed by atoms with Crippen LogP contribution >= 0.6 is 11.8 Å². The van der Waals surface area contributed by atoms with Crippen LogP contribution in [0.25, 0.3) is 0 Å². The van der Waals surface area contributed by atoms with E-state index < -0.39 is 6.04 Å². The van der Waals surface area contributed by atoms with Crippen molar-refractivity contribution >= 4 is 28.7 Å². The molecule has 0 radical (unpaired) electrons. The Hall–Kier alpha value is -2.54. The van der Waals surface area contributed by atoms with Gasteiger partial charge in [0.2, 0.25) is 5.91 Å². The summed E-state index contributed by atoms with van der Waals surface area (Å²) in [6.07, 6.45) is 1.94. The molecule has 128 valence electrons. The van der Waals surface area contributed by atoms with Gasteiger partial charge in [0.1, 0.15) is 6.04 Å². The van der Waals surface area contributed by atoms with E-state index in [9.17, 15) is 9.59 Å². The van der Waals surface area contributed by atoms with Gasteiger partial charge in [0, 0.05) is 18.7 Å². The number of fused-ring (bicyclic) bond motifs is 1. The Labute approximate surface area is 149 Å². The Morgan fingerprint density at radius 1 is 1.20 bits per heavy atom. The van der Waals surface area contributed by atoms with E-state index in [0.29, 0.717) is 24.7 Å². The van der Waals surface area contributed by atoms with Crippen LogP contribution < -0.4 is 5.32 Å². The van der Waals surface area contributed by atoms with Gasteiger partial charge in [-0.25, -0.2) is 0 Å². The fraction of sp³-hybridized carbons (Fsp3) is 0.278. The number of hydrogen-bond acceptors (Lipinski definition) is 5. The molecule has 1 N–H and O–H groups in total. The first-order valence-corrected chi connectivity index (χ1v) is 9.10. The largest absolute Gasteiger partial charge is 0.459 e. The molecule has 25 heavy (non-hydrogen) atoms. The lowest BCUT2D eigenvalue weighted by atomic mass is 9.93. The number of nitrogens with one attached hydrogen (secondary N) is 1. The number of carbonyl (C=O) groups is 2. The van der Waals surface area contributed by atoms with Crippen molar-refractivity contribution in [3.05, 3.63) is 59.5 Å². The molecule has 1 aromatic heterocycles. The number of hydrogen-bond donors (Lipinski definition) is 1. The lowest BCUT2D eigenvalue weighted by Crippen LogP contribution is -2.53. The van der Waals surface area contributed by atoms with Gasteiger partial charge in [-0.05, 0) is 23.3 Å². The lowest BCUT2D eigenvalue weighted by molar-refractivity contribution is -0.124. The third-order valence-corrected chi connectivity index (χ3v) is 5.25. The quantitative estimate of drug-likeness (QED) is 0.895. The molecule has 2 aliphatic rings. The molecule has 1 aromatic carbocycles. The van der Waals surface area contributed by atoms with Gasteiger partial charge in [-0.1, -0.05) is 36.0 Å². The molecule has 0 unspecified atom stereocenters. The number of furan rings is 1. The number of amidine groups is 1. The molecule has 2 amide bonds. The van der Waals surface area contributed by atoms with E-state index >= 15 is 0 Å². The molecule has 4 rings (SSSR count). The fourth-order valence-electron chi connectivity index (χ4n) is 3.11. The molecular formula is C18H17N3O3S. The number of carbonyl (C=O) groups excluding carboxylic acids is 2. The lowest BCUT2D eigenvalue weighted by Gasteiger charge is -2.35. The number of nitrogens with zero attached hydrogens (tertiary/aromatic N) is 2. The molecule has 0 fully saturated rings. The Balaban J connectivity index is 1.63. The van der Waals surface area contributed by atoms with Crippen molar-refractivity contribution in [1.82, 2.24) is 10.2 Å². The molecule has 0 bridgehead atoms. The zero-order valence-electron chi connectivity index (χ0n) is 13.5. The highest BCUT2D eigenvalue weighted by Crippen LogP contribution is 2.25. The van der Waals surface area contributed by atoms with E-state index in [4.69, 9.17) is 4.42 Å². The maximum absolute atomic E-state index is 12.8. The van der Waals surface area contributed by atoms with Crippen molar-refractivity contribution in [2.45, 2.75) is 19.0 Å². The van der Waals surface area contributed by atoms with Gasteiger partial charge in [-0.2, -0.15) is 0 Å². The van der Waals surface area contributed by atoms with Crippen molar-refractivity contribution in [2.75, 3.05) is 12.3 Å². The van der Waals surface area contributed by atoms with Crippen LogP contribution in [-0.4, -0.2) is 40.2 Å². The summed E-state index contributed by atoms with van der Waals surface area (Å²) in [7, 11) is 0. The van der Waals surface area contributed by atoms with Crippen LogP contribution in [0.4, 0.5) is 0 Å². The molecule has 2 aromatic rings. The van der Waals surface area contributed by atoms with E-state index in [1.54, 1.807) is 17.0 Å². The first-order valence-electron chi connectivity index (χ1n) is 8.12. The summed E-state index contributed by atoms with van der Waals surface area (Å²) in [4.78, 5) is 31.5. The summed E-state index contributed by atoms with van der Waals surface area (Å²) >= 11 is 1.52. The Bertz CT molecular complexity index is 832. The summed E-state index contributed by atoms with van der Waals surface area (Å²) in [6.45, 7) is 1.09. The summed E-state index contributed by atoms with van der Waals surface area (Å²) in [5, 5.41) is 3.49. The van der Waals surface area contributed by atoms with Crippen LogP contribution in [0.3, 0.4) is 0 Å². The van der Waals surface area contributed by atoms with Crippen LogP contribution in [0.5, 0.6) is 0 Å². The van der Waals surface area contributed by atoms with Crippen molar-refractivity contribution < 1.29 is 14.0 Å². The summed E-state index contributed by atoms with van der Waals surface area (Å²) < 4.78 is 5.25. The summed E-state index contributed by atoms with van der Waals surface area (Å²) in [6, 6.07) is 10.6. The number of thioether (sulfide) groups is 1. The SMILES string of the molecule is O=C(NC1=NCCS1)[C@H]1Cc2ccccc2CN1C(=O)c1ccco1. The normalized spacial score (nSPS) is 19.3. The fourth-order valence-corrected chi connectivity index (χ4v) is 3.84. The maximum atomic E-state index is 12.8. The second-order valence-corrected chi connectivity index (χ2v) is 7.01. The first kappa shape index (κ1) is 16.0. The number of benzene rings is 1. The van der Waals surface area contributed by atoms with Crippen LogP contribution in [0.15, 0.2) is 52.1 Å². The molecular weight excluding hydrogens is 338 g/mol. The van der Waals surface area contributed by atoms with Gasteiger partial charge in [0.25, 0.3) is 5.91 Å². The number of amides is 2. The average molecular weight is 355 g/mol. The molecule has 0 saturated heterocycles. The second kappa shape index (κ2) is 6.76. The number of aliphatic imine (C=N–C) groups is 1. The van der Waals surface area contributed by atoms with Gasteiger partial charge in [-0.15, -0.1) is 0 Å². The third-order valence-electron chi connectivity index (χ3n) is 4.36. The van der Waals surface area contributed by atoms with Crippen LogP contribution in [0, 0.1) is 0 Å². The minimum atomic E-state index is -0.587. The summed E-state index contributed by atoms with van der Waals surface area (Å²) in [5.74, 6) is 0.631. The predicted molar refractivity (Wildman–Crippen MR) is 95.4 cm³/mol. The third kappa shape index (κ3) is 3.19. The van der Waals surface area contributed by atoms with Crippen molar-refractivity contribution in [1.29, 1.82) is 0 Å². The Morgan fingerprint density at radius 2 is 2.04 bits per heavy atom. The average Bonchev–Trinajstić information content (AvgIpc) is 3.33. The van der Waals surface area contributed by atoms with E-state index in [2.05, 4.69) is 10.3 Å². The molecule has 3 heterocycles. The molecule has 0 saturated carbocycles. The highest BCUT2D eigenvalue weighted by molar-refractivity contribution is 8.14. The second-order valence-electron chi connectivity index (χ2n) is 5.92. The Kier molecular flexibility index (Phi) is 4.31. The van der Waals surface area contributed by atoms with Crippen molar-refractivity contribution in [2.24, 2.45) is 4.99 Å². The standard InChI is InChI=1S/C18H17N3O3S/c22-16(20-18-19-7-9-25-18)14-10-12-4-1-2-5-13(12)11-21(14)17(23)15-6-3-8-24-15/h1-6,8,14H,7,9-11H2,(H,19,20,22)/t14-/m1/s1. The van der Waals surface area contributed by atoms with E-state index in [1.165, 1.54) is 18.0 Å². The highest BCUT2D eigenvalue weighted by atomic mass is 32.2. The van der Waals surface area contributed by atoms with Crippen molar-refractivity contribution in [3.8, 4) is 0 Å². The van der Waals surface area contributed by atoms with Gasteiger partial charge in [-0.3, -0.25) is 14.6 Å². The minimum absolute atomic E-state index is 0.206. The molecule has 0 spiro atoms. The monoisotopic (exact) mass is 355 g/mol. The molecule has 7 heteroatoms. The van der Waals surface area contributed by atoms with E-state index in [1.807, 2.05) is 24.3 Å². The topological polar surface area (TPSA) is 74.9 Å². The Morgan fingerprint density at radius 3 is 2.76 bits per heavy atom. The minimum Gasteiger partial charge on any atom is -0.459 e. The molecule has 2 aliphatic heterocycles. The molecule has 6 nitrogen and oxygen atoms in total. The van der Waals surface area contributed by atoms with Crippen LogP contribution in [0.2, 0.25) is 0 Å². The van der Waals surface area contributed by atoms with Gasteiger partial charge >= 0.3 is 0 Å². The van der Waals surface area contributed by atoms with E-state index in [-0.39, 0.29) is 17.6 Å². The maximum Gasteiger partial charge on any atom is 0.290 e.